The van der Waals surface area contributed by atoms with Crippen LogP contribution in [0.15, 0.2) is 48.5 Å². The molecule has 19 heavy (non-hydrogen) atoms. The van der Waals surface area contributed by atoms with E-state index >= 15 is 0 Å². The molecule has 0 heterocycles. The lowest BCUT2D eigenvalue weighted by Crippen LogP contribution is -2.11. The van der Waals surface area contributed by atoms with Gasteiger partial charge in [0.05, 0.1) is 7.11 Å². The van der Waals surface area contributed by atoms with Gasteiger partial charge in [0.15, 0.2) is 5.78 Å². The Hall–Kier alpha value is -2.62. The number of hydrogen-bond donors (Lipinski definition) is 1. The number of nitrogens with two attached hydrogens (primary N) is 1. The molecule has 0 unspecified atom stereocenters. The van der Waals surface area contributed by atoms with Crippen LogP contribution in [0.4, 0.5) is 0 Å². The van der Waals surface area contributed by atoms with Gasteiger partial charge in [0.2, 0.25) is 5.91 Å². The highest BCUT2D eigenvalue weighted by molar-refractivity contribution is 6.09. The first-order valence-corrected chi connectivity index (χ1v) is 5.70. The Bertz CT molecular complexity index is 600. The Morgan fingerprint density at radius 2 is 1.26 bits per heavy atom. The monoisotopic (exact) mass is 255 g/mol. The van der Waals surface area contributed by atoms with E-state index in [2.05, 4.69) is 0 Å². The molecule has 2 rings (SSSR count). The molecule has 0 aliphatic heterocycles. The van der Waals surface area contributed by atoms with Gasteiger partial charge in [-0.3, -0.25) is 9.59 Å². The zero-order valence-electron chi connectivity index (χ0n) is 10.4. The van der Waals surface area contributed by atoms with Crippen molar-refractivity contribution in [3.05, 3.63) is 65.2 Å². The first kappa shape index (κ1) is 12.8. The van der Waals surface area contributed by atoms with Crippen molar-refractivity contribution < 1.29 is 14.3 Å². The van der Waals surface area contributed by atoms with Gasteiger partial charge in [-0.15, -0.1) is 0 Å². The van der Waals surface area contributed by atoms with E-state index in [1.54, 1.807) is 55.6 Å². The molecular formula is C15H13NO3. The maximum atomic E-state index is 12.2. The summed E-state index contributed by atoms with van der Waals surface area (Å²) in [5.74, 6) is 0.0720. The molecule has 0 atom stereocenters. The average Bonchev–Trinajstić information content (AvgIpc) is 2.46. The number of rotatable bonds is 4. The van der Waals surface area contributed by atoms with E-state index in [0.29, 0.717) is 22.4 Å². The summed E-state index contributed by atoms with van der Waals surface area (Å²) in [6.45, 7) is 0. The Morgan fingerprint density at radius 1 is 0.842 bits per heavy atom. The summed E-state index contributed by atoms with van der Waals surface area (Å²) < 4.78 is 5.03. The van der Waals surface area contributed by atoms with Crippen LogP contribution in [0.3, 0.4) is 0 Å². The van der Waals surface area contributed by atoms with E-state index < -0.39 is 5.91 Å². The molecule has 2 N–H and O–H groups in total. The molecule has 1 amide bonds. The summed E-state index contributed by atoms with van der Waals surface area (Å²) in [5, 5.41) is 0. The number of carbonyl (C=O) groups excluding carboxylic acids is 2. The number of ketones is 1. The lowest BCUT2D eigenvalue weighted by molar-refractivity contribution is 0.0996. The van der Waals surface area contributed by atoms with E-state index in [4.69, 9.17) is 10.5 Å². The van der Waals surface area contributed by atoms with Crippen LogP contribution < -0.4 is 10.5 Å². The molecule has 4 nitrogen and oxygen atoms in total. The van der Waals surface area contributed by atoms with Crippen LogP contribution in [0.2, 0.25) is 0 Å². The molecule has 0 bridgehead atoms. The third-order valence-electron chi connectivity index (χ3n) is 2.78. The molecule has 2 aromatic carbocycles. The van der Waals surface area contributed by atoms with Crippen LogP contribution in [0, 0.1) is 0 Å². The van der Waals surface area contributed by atoms with Crippen LogP contribution in [0.1, 0.15) is 26.3 Å². The van der Waals surface area contributed by atoms with Crippen molar-refractivity contribution >= 4 is 11.7 Å². The number of methoxy groups -OCH3 is 1. The van der Waals surface area contributed by atoms with E-state index in [0.717, 1.165) is 0 Å². The van der Waals surface area contributed by atoms with E-state index in [1.165, 1.54) is 0 Å². The first-order chi connectivity index (χ1) is 9.11. The SMILES string of the molecule is COc1ccc(C(=O)c2ccc(C(N)=O)cc2)cc1. The second-order valence-corrected chi connectivity index (χ2v) is 4.00. The summed E-state index contributed by atoms with van der Waals surface area (Å²) in [6, 6.07) is 13.1. The lowest BCUT2D eigenvalue weighted by Gasteiger charge is -2.04. The van der Waals surface area contributed by atoms with Gasteiger partial charge in [-0.1, -0.05) is 12.1 Å². The van der Waals surface area contributed by atoms with Crippen molar-refractivity contribution in [1.29, 1.82) is 0 Å². The van der Waals surface area contributed by atoms with Gasteiger partial charge in [0.1, 0.15) is 5.75 Å². The number of ether oxygens (including phenoxy) is 1. The van der Waals surface area contributed by atoms with Crippen LogP contribution in [0.25, 0.3) is 0 Å². The highest BCUT2D eigenvalue weighted by Crippen LogP contribution is 2.15. The first-order valence-electron chi connectivity index (χ1n) is 5.70. The largest absolute Gasteiger partial charge is 0.497 e. The predicted octanol–water partition coefficient (Wildman–Crippen LogP) is 2.03. The van der Waals surface area contributed by atoms with Gasteiger partial charge in [0.25, 0.3) is 0 Å². The molecule has 0 spiro atoms. The van der Waals surface area contributed by atoms with E-state index in [1.807, 2.05) is 0 Å². The topological polar surface area (TPSA) is 69.4 Å². The highest BCUT2D eigenvalue weighted by atomic mass is 16.5. The van der Waals surface area contributed by atoms with Crippen molar-refractivity contribution in [2.45, 2.75) is 0 Å². The third-order valence-corrected chi connectivity index (χ3v) is 2.78. The molecule has 0 aliphatic carbocycles. The average molecular weight is 255 g/mol. The molecule has 0 saturated heterocycles. The third kappa shape index (κ3) is 2.80. The van der Waals surface area contributed by atoms with Gasteiger partial charge < -0.3 is 10.5 Å². The highest BCUT2D eigenvalue weighted by Gasteiger charge is 2.09. The quantitative estimate of drug-likeness (QED) is 0.850. The maximum Gasteiger partial charge on any atom is 0.248 e. The molecule has 0 aliphatic rings. The number of carbonyl (C=O) groups is 2. The summed E-state index contributed by atoms with van der Waals surface area (Å²) in [6.07, 6.45) is 0. The Labute approximate surface area is 110 Å². The standard InChI is InChI=1S/C15H13NO3/c1-19-13-8-6-11(7-9-13)14(17)10-2-4-12(5-3-10)15(16)18/h2-9H,1H3,(H2,16,18). The summed E-state index contributed by atoms with van der Waals surface area (Å²) in [5.41, 5.74) is 6.60. The fourth-order valence-corrected chi connectivity index (χ4v) is 1.69. The molecule has 0 fully saturated rings. The van der Waals surface area contributed by atoms with Crippen molar-refractivity contribution in [2.24, 2.45) is 5.73 Å². The molecule has 0 saturated carbocycles. The maximum absolute atomic E-state index is 12.2. The van der Waals surface area contributed by atoms with Crippen LogP contribution in [0.5, 0.6) is 5.75 Å². The van der Waals surface area contributed by atoms with Crippen molar-refractivity contribution in [2.75, 3.05) is 7.11 Å². The number of amides is 1. The van der Waals surface area contributed by atoms with Crippen molar-refractivity contribution in [3.8, 4) is 5.75 Å². The van der Waals surface area contributed by atoms with Crippen LogP contribution in [-0.2, 0) is 0 Å². The number of benzene rings is 2. The predicted molar refractivity (Wildman–Crippen MR) is 71.4 cm³/mol. The molecule has 4 heteroatoms. The number of primary amides is 1. The minimum Gasteiger partial charge on any atom is -0.497 e. The lowest BCUT2D eigenvalue weighted by atomic mass is 10.0. The molecule has 0 radical (unpaired) electrons. The van der Waals surface area contributed by atoms with Crippen LogP contribution in [-0.4, -0.2) is 18.8 Å². The summed E-state index contributed by atoms with van der Waals surface area (Å²) in [4.78, 5) is 23.1. The van der Waals surface area contributed by atoms with Gasteiger partial charge in [-0.05, 0) is 36.4 Å². The molecule has 0 aromatic heterocycles. The van der Waals surface area contributed by atoms with E-state index in [-0.39, 0.29) is 5.78 Å². The second kappa shape index (κ2) is 5.35. The molecule has 96 valence electrons. The van der Waals surface area contributed by atoms with Gasteiger partial charge in [-0.2, -0.15) is 0 Å². The number of hydrogen-bond acceptors (Lipinski definition) is 3. The minimum absolute atomic E-state index is 0.112. The molecular weight excluding hydrogens is 242 g/mol. The van der Waals surface area contributed by atoms with Gasteiger partial charge in [0, 0.05) is 16.7 Å². The summed E-state index contributed by atoms with van der Waals surface area (Å²) in [7, 11) is 1.57. The Morgan fingerprint density at radius 3 is 1.68 bits per heavy atom. The Kier molecular flexibility index (Phi) is 3.61. The smallest absolute Gasteiger partial charge is 0.248 e. The fraction of sp³-hybridized carbons (Fsp3) is 0.0667. The fourth-order valence-electron chi connectivity index (χ4n) is 1.69. The van der Waals surface area contributed by atoms with Crippen LogP contribution >= 0.6 is 0 Å². The van der Waals surface area contributed by atoms with Gasteiger partial charge in [-0.25, -0.2) is 0 Å². The minimum atomic E-state index is -0.511. The molecule has 2 aromatic rings. The van der Waals surface area contributed by atoms with E-state index in [9.17, 15) is 9.59 Å². The summed E-state index contributed by atoms with van der Waals surface area (Å²) >= 11 is 0. The Balaban J connectivity index is 2.25. The van der Waals surface area contributed by atoms with Crippen molar-refractivity contribution in [1.82, 2.24) is 0 Å². The zero-order valence-corrected chi connectivity index (χ0v) is 10.4. The van der Waals surface area contributed by atoms with Crippen molar-refractivity contribution in [3.63, 3.8) is 0 Å². The zero-order chi connectivity index (χ0) is 13.8. The van der Waals surface area contributed by atoms with Gasteiger partial charge >= 0.3 is 0 Å². The normalized spacial score (nSPS) is 9.95. The second-order valence-electron chi connectivity index (χ2n) is 4.00.